The van der Waals surface area contributed by atoms with Crippen LogP contribution in [0.3, 0.4) is 0 Å². The number of rotatable bonds is 5. The molecule has 0 radical (unpaired) electrons. The van der Waals surface area contributed by atoms with Gasteiger partial charge in [-0.1, -0.05) is 13.0 Å². The van der Waals surface area contributed by atoms with Gasteiger partial charge in [-0.15, -0.1) is 0 Å². The summed E-state index contributed by atoms with van der Waals surface area (Å²) in [6.07, 6.45) is 0.926. The maximum Gasteiger partial charge on any atom is 0.131 e. The van der Waals surface area contributed by atoms with E-state index in [1.807, 2.05) is 26.8 Å². The average Bonchev–Trinajstić information content (AvgIpc) is 2.71. The van der Waals surface area contributed by atoms with Gasteiger partial charge in [-0.3, -0.25) is 0 Å². The Morgan fingerprint density at radius 3 is 2.45 bits per heavy atom. The lowest BCUT2D eigenvalue weighted by atomic mass is 9.98. The number of halogens is 2. The van der Waals surface area contributed by atoms with E-state index < -0.39 is 11.6 Å². The maximum absolute atomic E-state index is 14.0. The summed E-state index contributed by atoms with van der Waals surface area (Å²) in [5, 5.41) is 3.29. The molecule has 2 rings (SSSR count). The van der Waals surface area contributed by atoms with Crippen molar-refractivity contribution in [3.05, 3.63) is 58.5 Å². The van der Waals surface area contributed by atoms with E-state index in [2.05, 4.69) is 5.32 Å². The summed E-state index contributed by atoms with van der Waals surface area (Å²) in [7, 11) is 0. The summed E-state index contributed by atoms with van der Waals surface area (Å²) < 4.78 is 32.6. The fourth-order valence-electron chi connectivity index (χ4n) is 2.35. The number of benzene rings is 1. The second-order valence-electron chi connectivity index (χ2n) is 4.92. The Morgan fingerprint density at radius 1 is 1.15 bits per heavy atom. The summed E-state index contributed by atoms with van der Waals surface area (Å²) in [6, 6.07) is 5.25. The van der Waals surface area contributed by atoms with E-state index in [0.717, 1.165) is 36.1 Å². The first-order valence-corrected chi connectivity index (χ1v) is 6.78. The quantitative estimate of drug-likeness (QED) is 0.884. The van der Waals surface area contributed by atoms with Crippen molar-refractivity contribution in [2.75, 3.05) is 6.54 Å². The van der Waals surface area contributed by atoms with Crippen LogP contribution in [0.15, 0.2) is 28.7 Å². The third-order valence-corrected chi connectivity index (χ3v) is 3.26. The van der Waals surface area contributed by atoms with Gasteiger partial charge in [0.25, 0.3) is 0 Å². The molecule has 0 saturated carbocycles. The average molecular weight is 279 g/mol. The molecule has 1 unspecified atom stereocenters. The highest BCUT2D eigenvalue weighted by molar-refractivity contribution is 5.35. The largest absolute Gasteiger partial charge is 0.466 e. The number of hydrogen-bond acceptors (Lipinski definition) is 2. The van der Waals surface area contributed by atoms with Crippen molar-refractivity contribution in [1.29, 1.82) is 0 Å². The van der Waals surface area contributed by atoms with Crippen LogP contribution in [0.1, 0.15) is 42.0 Å². The lowest BCUT2D eigenvalue weighted by Crippen LogP contribution is -2.24. The Morgan fingerprint density at radius 2 is 1.90 bits per heavy atom. The Labute approximate surface area is 117 Å². The molecular formula is C16H19F2NO. The van der Waals surface area contributed by atoms with Crippen molar-refractivity contribution in [3.8, 4) is 0 Å². The molecule has 1 atom stereocenters. The van der Waals surface area contributed by atoms with Gasteiger partial charge in [-0.2, -0.15) is 0 Å². The minimum absolute atomic E-state index is 0.326. The van der Waals surface area contributed by atoms with Gasteiger partial charge in [0.2, 0.25) is 0 Å². The van der Waals surface area contributed by atoms with E-state index in [-0.39, 0.29) is 6.04 Å². The molecule has 0 spiro atoms. The topological polar surface area (TPSA) is 25.2 Å². The highest BCUT2D eigenvalue weighted by Gasteiger charge is 2.21. The molecular weight excluding hydrogens is 260 g/mol. The molecule has 0 amide bonds. The fraction of sp³-hybridized carbons (Fsp3) is 0.375. The summed E-state index contributed by atoms with van der Waals surface area (Å²) >= 11 is 0. The molecule has 1 heterocycles. The van der Waals surface area contributed by atoms with Crippen LogP contribution in [-0.2, 0) is 0 Å². The summed E-state index contributed by atoms with van der Waals surface area (Å²) in [5.41, 5.74) is 1.32. The second kappa shape index (κ2) is 6.18. The predicted molar refractivity (Wildman–Crippen MR) is 74.7 cm³/mol. The van der Waals surface area contributed by atoms with Gasteiger partial charge in [0.1, 0.15) is 23.2 Å². The van der Waals surface area contributed by atoms with Gasteiger partial charge in [0.15, 0.2) is 0 Å². The minimum atomic E-state index is -0.569. The SMILES string of the molecule is CCCNC(c1ccc(F)cc1F)c1cc(C)oc1C. The van der Waals surface area contributed by atoms with Crippen molar-refractivity contribution in [2.45, 2.75) is 33.2 Å². The molecule has 20 heavy (non-hydrogen) atoms. The van der Waals surface area contributed by atoms with E-state index in [4.69, 9.17) is 4.42 Å². The summed E-state index contributed by atoms with van der Waals surface area (Å²) in [4.78, 5) is 0. The van der Waals surface area contributed by atoms with Crippen LogP contribution in [0.25, 0.3) is 0 Å². The maximum atomic E-state index is 14.0. The van der Waals surface area contributed by atoms with Crippen molar-refractivity contribution in [2.24, 2.45) is 0 Å². The number of hydrogen-bond donors (Lipinski definition) is 1. The van der Waals surface area contributed by atoms with Crippen LogP contribution < -0.4 is 5.32 Å². The first-order chi connectivity index (χ1) is 9.52. The highest BCUT2D eigenvalue weighted by atomic mass is 19.1. The molecule has 1 aromatic heterocycles. The third-order valence-electron chi connectivity index (χ3n) is 3.26. The predicted octanol–water partition coefficient (Wildman–Crippen LogP) is 4.26. The molecule has 0 bridgehead atoms. The zero-order valence-corrected chi connectivity index (χ0v) is 12.0. The van der Waals surface area contributed by atoms with Crippen molar-refractivity contribution in [1.82, 2.24) is 5.32 Å². The van der Waals surface area contributed by atoms with Crippen LogP contribution in [0.4, 0.5) is 8.78 Å². The van der Waals surface area contributed by atoms with E-state index in [1.54, 1.807) is 0 Å². The van der Waals surface area contributed by atoms with E-state index in [0.29, 0.717) is 5.56 Å². The van der Waals surface area contributed by atoms with E-state index in [1.165, 1.54) is 12.1 Å². The second-order valence-corrected chi connectivity index (χ2v) is 4.92. The third kappa shape index (κ3) is 3.07. The van der Waals surface area contributed by atoms with Gasteiger partial charge < -0.3 is 9.73 Å². The van der Waals surface area contributed by atoms with Gasteiger partial charge in [0, 0.05) is 17.2 Å². The van der Waals surface area contributed by atoms with E-state index in [9.17, 15) is 8.78 Å². The molecule has 1 aromatic carbocycles. The Kier molecular flexibility index (Phi) is 4.55. The van der Waals surface area contributed by atoms with Crippen molar-refractivity contribution in [3.63, 3.8) is 0 Å². The molecule has 0 fully saturated rings. The van der Waals surface area contributed by atoms with Crippen molar-refractivity contribution >= 4 is 0 Å². The number of nitrogens with one attached hydrogen (secondary N) is 1. The van der Waals surface area contributed by atoms with E-state index >= 15 is 0 Å². The van der Waals surface area contributed by atoms with Crippen LogP contribution >= 0.6 is 0 Å². The highest BCUT2D eigenvalue weighted by Crippen LogP contribution is 2.29. The summed E-state index contributed by atoms with van der Waals surface area (Å²) in [6.45, 7) is 6.49. The van der Waals surface area contributed by atoms with Crippen LogP contribution in [-0.4, -0.2) is 6.54 Å². The molecule has 0 saturated heterocycles. The Bertz CT molecular complexity index is 592. The number of furan rings is 1. The Hall–Kier alpha value is -1.68. The minimum Gasteiger partial charge on any atom is -0.466 e. The normalized spacial score (nSPS) is 12.7. The zero-order valence-electron chi connectivity index (χ0n) is 12.0. The molecule has 2 aromatic rings. The molecule has 108 valence electrons. The standard InChI is InChI=1S/C16H19F2NO/c1-4-7-19-16(14-8-10(2)20-11(14)3)13-6-5-12(17)9-15(13)18/h5-6,8-9,16,19H,4,7H2,1-3H3. The molecule has 0 aliphatic rings. The first-order valence-electron chi connectivity index (χ1n) is 6.78. The van der Waals surface area contributed by atoms with Crippen LogP contribution in [0.2, 0.25) is 0 Å². The van der Waals surface area contributed by atoms with Crippen LogP contribution in [0, 0.1) is 25.5 Å². The first kappa shape index (κ1) is 14.7. The van der Waals surface area contributed by atoms with Crippen molar-refractivity contribution < 1.29 is 13.2 Å². The lowest BCUT2D eigenvalue weighted by molar-refractivity contribution is 0.488. The molecule has 1 N–H and O–H groups in total. The van der Waals surface area contributed by atoms with Gasteiger partial charge in [-0.05, 0) is 38.9 Å². The molecule has 4 heteroatoms. The van der Waals surface area contributed by atoms with Gasteiger partial charge >= 0.3 is 0 Å². The zero-order chi connectivity index (χ0) is 14.7. The lowest BCUT2D eigenvalue weighted by Gasteiger charge is -2.19. The summed E-state index contributed by atoms with van der Waals surface area (Å²) in [5.74, 6) is 0.417. The van der Waals surface area contributed by atoms with Gasteiger partial charge in [-0.25, -0.2) is 8.78 Å². The monoisotopic (exact) mass is 279 g/mol. The Balaban J connectivity index is 2.44. The smallest absolute Gasteiger partial charge is 0.131 e. The number of aryl methyl sites for hydroxylation is 2. The molecule has 0 aliphatic carbocycles. The van der Waals surface area contributed by atoms with Gasteiger partial charge in [0.05, 0.1) is 6.04 Å². The fourth-order valence-corrected chi connectivity index (χ4v) is 2.35. The molecule has 2 nitrogen and oxygen atoms in total. The van der Waals surface area contributed by atoms with Crippen LogP contribution in [0.5, 0.6) is 0 Å². The molecule has 0 aliphatic heterocycles.